The van der Waals surface area contributed by atoms with Crippen molar-refractivity contribution in [1.82, 2.24) is 10.6 Å². The van der Waals surface area contributed by atoms with Crippen LogP contribution in [0.3, 0.4) is 0 Å². The third-order valence-corrected chi connectivity index (χ3v) is 4.20. The highest BCUT2D eigenvalue weighted by Gasteiger charge is 2.34. The van der Waals surface area contributed by atoms with Crippen LogP contribution in [0, 0.1) is 0 Å². The lowest BCUT2D eigenvalue weighted by Gasteiger charge is -2.38. The lowest BCUT2D eigenvalue weighted by molar-refractivity contribution is 0.0514. The first-order chi connectivity index (χ1) is 10.3. The van der Waals surface area contributed by atoms with E-state index in [0.717, 1.165) is 51.5 Å². The van der Waals surface area contributed by atoms with Gasteiger partial charge in [-0.3, -0.25) is 4.99 Å². The number of guanidine groups is 1. The molecule has 1 fully saturated rings. The Morgan fingerprint density at radius 3 is 2.52 bits per heavy atom. The summed E-state index contributed by atoms with van der Waals surface area (Å²) in [6, 6.07) is 10.8. The van der Waals surface area contributed by atoms with Crippen LogP contribution in [0.15, 0.2) is 35.3 Å². The number of rotatable bonds is 5. The van der Waals surface area contributed by atoms with Gasteiger partial charge in [-0.15, -0.1) is 0 Å². The Morgan fingerprint density at radius 2 is 1.90 bits per heavy atom. The highest BCUT2D eigenvalue weighted by atomic mass is 16.5. The summed E-state index contributed by atoms with van der Waals surface area (Å²) in [6.45, 7) is 5.66. The van der Waals surface area contributed by atoms with E-state index in [1.165, 1.54) is 5.56 Å². The van der Waals surface area contributed by atoms with Gasteiger partial charge in [-0.05, 0) is 24.8 Å². The van der Waals surface area contributed by atoms with Crippen molar-refractivity contribution < 1.29 is 4.74 Å². The minimum atomic E-state index is 0.142. The Kier molecular flexibility index (Phi) is 6.05. The minimum Gasteiger partial charge on any atom is -0.381 e. The smallest absolute Gasteiger partial charge is 0.191 e. The quantitative estimate of drug-likeness (QED) is 0.646. The molecule has 1 aromatic carbocycles. The zero-order chi connectivity index (χ0) is 15.0. The van der Waals surface area contributed by atoms with Crippen molar-refractivity contribution in [3.05, 3.63) is 35.9 Å². The van der Waals surface area contributed by atoms with Gasteiger partial charge in [-0.2, -0.15) is 0 Å². The molecule has 21 heavy (non-hydrogen) atoms. The maximum absolute atomic E-state index is 5.57. The molecule has 1 saturated heterocycles. The molecule has 0 aromatic heterocycles. The van der Waals surface area contributed by atoms with Crippen molar-refractivity contribution >= 4 is 5.96 Å². The second kappa shape index (κ2) is 8.03. The number of hydrogen-bond donors (Lipinski definition) is 2. The zero-order valence-corrected chi connectivity index (χ0v) is 13.2. The number of hydrogen-bond acceptors (Lipinski definition) is 2. The van der Waals surface area contributed by atoms with E-state index in [1.54, 1.807) is 0 Å². The molecule has 116 valence electrons. The van der Waals surface area contributed by atoms with E-state index in [9.17, 15) is 0 Å². The molecule has 0 aliphatic carbocycles. The van der Waals surface area contributed by atoms with Crippen molar-refractivity contribution in [2.45, 2.75) is 31.6 Å². The lowest BCUT2D eigenvalue weighted by atomic mass is 9.74. The van der Waals surface area contributed by atoms with Gasteiger partial charge in [-0.25, -0.2) is 0 Å². The summed E-state index contributed by atoms with van der Waals surface area (Å²) in [5, 5.41) is 6.83. The molecule has 0 bridgehead atoms. The molecule has 1 aliphatic heterocycles. The highest BCUT2D eigenvalue weighted by molar-refractivity contribution is 5.79. The van der Waals surface area contributed by atoms with E-state index in [1.807, 2.05) is 7.05 Å². The van der Waals surface area contributed by atoms with Crippen LogP contribution < -0.4 is 10.6 Å². The van der Waals surface area contributed by atoms with Crippen LogP contribution in [0.4, 0.5) is 0 Å². The summed E-state index contributed by atoms with van der Waals surface area (Å²) in [6.07, 6.45) is 3.20. The molecular weight excluding hydrogens is 262 g/mol. The van der Waals surface area contributed by atoms with E-state index in [4.69, 9.17) is 4.74 Å². The predicted octanol–water partition coefficient (Wildman–Crippen LogP) is 2.31. The molecular formula is C17H27N3O. The second-order valence-corrected chi connectivity index (χ2v) is 5.61. The summed E-state index contributed by atoms with van der Waals surface area (Å²) in [7, 11) is 1.82. The topological polar surface area (TPSA) is 45.7 Å². The van der Waals surface area contributed by atoms with Crippen LogP contribution in [-0.2, 0) is 10.2 Å². The van der Waals surface area contributed by atoms with Gasteiger partial charge in [0.25, 0.3) is 0 Å². The average molecular weight is 289 g/mol. The van der Waals surface area contributed by atoms with E-state index in [-0.39, 0.29) is 5.41 Å². The Morgan fingerprint density at radius 1 is 1.19 bits per heavy atom. The van der Waals surface area contributed by atoms with Gasteiger partial charge < -0.3 is 15.4 Å². The molecule has 0 saturated carbocycles. The van der Waals surface area contributed by atoms with Crippen molar-refractivity contribution in [2.24, 2.45) is 4.99 Å². The maximum atomic E-state index is 5.57. The van der Waals surface area contributed by atoms with E-state index in [2.05, 4.69) is 52.9 Å². The van der Waals surface area contributed by atoms with Crippen molar-refractivity contribution in [3.8, 4) is 0 Å². The third kappa shape index (κ3) is 4.21. The van der Waals surface area contributed by atoms with Crippen LogP contribution in [0.1, 0.15) is 31.7 Å². The Labute approximate surface area is 128 Å². The minimum absolute atomic E-state index is 0.142. The Balaban J connectivity index is 2.07. The molecule has 0 unspecified atom stereocenters. The molecule has 0 radical (unpaired) electrons. The first-order valence-corrected chi connectivity index (χ1v) is 7.88. The summed E-state index contributed by atoms with van der Waals surface area (Å²) in [5.41, 5.74) is 1.54. The van der Waals surface area contributed by atoms with E-state index in [0.29, 0.717) is 0 Å². The van der Waals surface area contributed by atoms with Crippen LogP contribution >= 0.6 is 0 Å². The lowest BCUT2D eigenvalue weighted by Crippen LogP contribution is -2.48. The first kappa shape index (κ1) is 15.8. The van der Waals surface area contributed by atoms with Crippen LogP contribution in [0.2, 0.25) is 0 Å². The molecule has 1 aliphatic rings. The highest BCUT2D eigenvalue weighted by Crippen LogP contribution is 2.34. The standard InChI is InChI=1S/C17H27N3O/c1-3-11-19-16(18-2)20-14-17(9-12-21-13-10-17)15-7-5-4-6-8-15/h4-8H,3,9-14H2,1-2H3,(H2,18,19,20). The fraction of sp³-hybridized carbons (Fsp3) is 0.588. The SMILES string of the molecule is CCCNC(=NC)NCC1(c2ccccc2)CCOCC1. The fourth-order valence-corrected chi connectivity index (χ4v) is 2.84. The molecule has 4 nitrogen and oxygen atoms in total. The summed E-state index contributed by atoms with van der Waals surface area (Å²) in [5.74, 6) is 0.888. The maximum Gasteiger partial charge on any atom is 0.191 e. The van der Waals surface area contributed by atoms with Gasteiger partial charge in [0, 0.05) is 38.8 Å². The van der Waals surface area contributed by atoms with E-state index >= 15 is 0 Å². The first-order valence-electron chi connectivity index (χ1n) is 7.88. The zero-order valence-electron chi connectivity index (χ0n) is 13.2. The summed E-state index contributed by atoms with van der Waals surface area (Å²) >= 11 is 0. The number of aliphatic imine (C=N–C) groups is 1. The number of nitrogens with one attached hydrogen (secondary N) is 2. The summed E-state index contributed by atoms with van der Waals surface area (Å²) < 4.78 is 5.57. The van der Waals surface area contributed by atoms with Crippen molar-refractivity contribution in [3.63, 3.8) is 0 Å². The monoisotopic (exact) mass is 289 g/mol. The van der Waals surface area contributed by atoms with Crippen LogP contribution in [-0.4, -0.2) is 39.3 Å². The largest absolute Gasteiger partial charge is 0.381 e. The van der Waals surface area contributed by atoms with Crippen LogP contribution in [0.5, 0.6) is 0 Å². The fourth-order valence-electron chi connectivity index (χ4n) is 2.84. The van der Waals surface area contributed by atoms with Gasteiger partial charge in [0.1, 0.15) is 0 Å². The molecule has 0 atom stereocenters. The Hall–Kier alpha value is -1.55. The van der Waals surface area contributed by atoms with Crippen LogP contribution in [0.25, 0.3) is 0 Å². The molecule has 0 amide bonds. The second-order valence-electron chi connectivity index (χ2n) is 5.61. The average Bonchev–Trinajstić information content (AvgIpc) is 2.57. The molecule has 1 heterocycles. The molecule has 4 heteroatoms. The number of benzene rings is 1. The van der Waals surface area contributed by atoms with Gasteiger partial charge in [-0.1, -0.05) is 37.3 Å². The molecule has 1 aromatic rings. The Bertz CT molecular complexity index is 439. The summed E-state index contributed by atoms with van der Waals surface area (Å²) in [4.78, 5) is 4.30. The van der Waals surface area contributed by atoms with Gasteiger partial charge in [0.05, 0.1) is 0 Å². The number of nitrogens with zero attached hydrogens (tertiary/aromatic N) is 1. The third-order valence-electron chi connectivity index (χ3n) is 4.20. The molecule has 2 N–H and O–H groups in total. The van der Waals surface area contributed by atoms with Crippen molar-refractivity contribution in [1.29, 1.82) is 0 Å². The molecule has 0 spiro atoms. The van der Waals surface area contributed by atoms with E-state index < -0.39 is 0 Å². The normalized spacial score (nSPS) is 18.3. The van der Waals surface area contributed by atoms with Gasteiger partial charge >= 0.3 is 0 Å². The predicted molar refractivity (Wildman–Crippen MR) is 87.8 cm³/mol. The van der Waals surface area contributed by atoms with Gasteiger partial charge in [0.2, 0.25) is 0 Å². The molecule has 2 rings (SSSR count). The van der Waals surface area contributed by atoms with Crippen molar-refractivity contribution in [2.75, 3.05) is 33.4 Å². The van der Waals surface area contributed by atoms with Gasteiger partial charge in [0.15, 0.2) is 5.96 Å². The number of ether oxygens (including phenoxy) is 1.